The van der Waals surface area contributed by atoms with Gasteiger partial charge >= 0.3 is 0 Å². The summed E-state index contributed by atoms with van der Waals surface area (Å²) in [5.74, 6) is 0.374. The van der Waals surface area contributed by atoms with Crippen molar-refractivity contribution in [2.75, 3.05) is 0 Å². The Labute approximate surface area is 180 Å². The quantitative estimate of drug-likeness (QED) is 0.437. The van der Waals surface area contributed by atoms with Crippen molar-refractivity contribution >= 4 is 22.1 Å². The van der Waals surface area contributed by atoms with E-state index in [1.807, 2.05) is 0 Å². The average molecular weight is 394 g/mol. The van der Waals surface area contributed by atoms with Gasteiger partial charge in [-0.05, 0) is 91.3 Å². The number of hydrogen-bond acceptors (Lipinski definition) is 1. The lowest BCUT2D eigenvalue weighted by molar-refractivity contribution is 0.895. The lowest BCUT2D eigenvalue weighted by Crippen LogP contribution is -2.11. The molecule has 0 heterocycles. The average Bonchev–Trinajstić information content (AvgIpc) is 2.93. The van der Waals surface area contributed by atoms with E-state index in [1.54, 1.807) is 0 Å². The summed E-state index contributed by atoms with van der Waals surface area (Å²) in [5, 5.41) is 11.7. The predicted molar refractivity (Wildman–Crippen MR) is 131 cm³/mol. The van der Waals surface area contributed by atoms with Crippen molar-refractivity contribution in [2.24, 2.45) is 5.92 Å². The molecule has 1 unspecified atom stereocenters. The standard InChI is InChI=1S/C29H31N/c1-16-12-14-24(20(5)17(16)2)29(30)28-25-11-9-8-10-23(25)13-15-26(28)27-21(6)18(3)19(4)22(27)7/h8-15,21,30H,1-7H3. The lowest BCUT2D eigenvalue weighted by atomic mass is 9.82. The van der Waals surface area contributed by atoms with Crippen LogP contribution in [0.25, 0.3) is 16.3 Å². The molecular weight excluding hydrogens is 362 g/mol. The molecule has 1 atom stereocenters. The van der Waals surface area contributed by atoms with Gasteiger partial charge in [0.25, 0.3) is 0 Å². The summed E-state index contributed by atoms with van der Waals surface area (Å²) in [5.41, 5.74) is 13.2. The van der Waals surface area contributed by atoms with Crippen LogP contribution in [-0.2, 0) is 0 Å². The number of allylic oxidation sites excluding steroid dienone is 4. The molecule has 1 nitrogen and oxygen atoms in total. The van der Waals surface area contributed by atoms with E-state index < -0.39 is 0 Å². The fourth-order valence-electron chi connectivity index (χ4n) is 4.93. The van der Waals surface area contributed by atoms with Crippen LogP contribution in [0, 0.1) is 32.1 Å². The summed E-state index contributed by atoms with van der Waals surface area (Å²) in [4.78, 5) is 0. The molecule has 0 aromatic heterocycles. The van der Waals surface area contributed by atoms with Crippen LogP contribution < -0.4 is 0 Å². The first kappa shape index (κ1) is 20.3. The van der Waals surface area contributed by atoms with E-state index in [4.69, 9.17) is 0 Å². The van der Waals surface area contributed by atoms with Crippen molar-refractivity contribution in [3.05, 3.63) is 98.6 Å². The molecule has 0 fully saturated rings. The maximum Gasteiger partial charge on any atom is 0.0699 e. The molecule has 30 heavy (non-hydrogen) atoms. The van der Waals surface area contributed by atoms with E-state index in [9.17, 15) is 5.41 Å². The number of hydrogen-bond donors (Lipinski definition) is 1. The van der Waals surface area contributed by atoms with Crippen LogP contribution in [0.1, 0.15) is 61.1 Å². The molecule has 152 valence electrons. The molecule has 1 aliphatic carbocycles. The zero-order valence-corrected chi connectivity index (χ0v) is 19.2. The van der Waals surface area contributed by atoms with E-state index in [0.717, 1.165) is 16.5 Å². The SMILES string of the molecule is CC1=C(C)C(C)C(c2ccc3ccccc3c2C(=N)c2ccc(C)c(C)c2C)=C1C. The zero-order valence-electron chi connectivity index (χ0n) is 19.2. The minimum Gasteiger partial charge on any atom is -0.300 e. The van der Waals surface area contributed by atoms with Crippen LogP contribution in [0.3, 0.4) is 0 Å². The normalized spacial score (nSPS) is 16.7. The van der Waals surface area contributed by atoms with Gasteiger partial charge in [0.15, 0.2) is 0 Å². The van der Waals surface area contributed by atoms with Gasteiger partial charge < -0.3 is 0 Å². The Bertz CT molecular complexity index is 1270. The first-order valence-corrected chi connectivity index (χ1v) is 10.8. The van der Waals surface area contributed by atoms with Crippen LogP contribution in [0.5, 0.6) is 0 Å². The molecule has 0 saturated heterocycles. The zero-order chi connectivity index (χ0) is 21.7. The molecule has 0 aliphatic heterocycles. The van der Waals surface area contributed by atoms with E-state index in [0.29, 0.717) is 11.6 Å². The second kappa shape index (κ2) is 7.40. The van der Waals surface area contributed by atoms with Gasteiger partial charge in [-0.25, -0.2) is 0 Å². The monoisotopic (exact) mass is 393 g/mol. The van der Waals surface area contributed by atoms with Crippen molar-refractivity contribution in [3.8, 4) is 0 Å². The maximum atomic E-state index is 9.36. The van der Waals surface area contributed by atoms with Gasteiger partial charge in [0.1, 0.15) is 0 Å². The van der Waals surface area contributed by atoms with Gasteiger partial charge in [0, 0.05) is 17.0 Å². The van der Waals surface area contributed by atoms with Crippen molar-refractivity contribution in [1.82, 2.24) is 0 Å². The van der Waals surface area contributed by atoms with Crippen molar-refractivity contribution in [3.63, 3.8) is 0 Å². The lowest BCUT2D eigenvalue weighted by Gasteiger charge is -2.21. The molecular formula is C29H31N. The van der Waals surface area contributed by atoms with Gasteiger partial charge in [-0.3, -0.25) is 5.41 Å². The van der Waals surface area contributed by atoms with E-state index >= 15 is 0 Å². The van der Waals surface area contributed by atoms with Crippen LogP contribution in [0.15, 0.2) is 65.3 Å². The molecule has 1 heteroatoms. The summed E-state index contributed by atoms with van der Waals surface area (Å²) in [6.07, 6.45) is 0. The van der Waals surface area contributed by atoms with Gasteiger partial charge in [0.05, 0.1) is 5.71 Å². The molecule has 3 aromatic rings. The fraction of sp³-hybridized carbons (Fsp3) is 0.276. The first-order chi connectivity index (χ1) is 14.2. The van der Waals surface area contributed by atoms with Gasteiger partial charge in [-0.2, -0.15) is 0 Å². The minimum atomic E-state index is 0.374. The third-order valence-electron chi connectivity index (χ3n) is 7.44. The maximum absolute atomic E-state index is 9.36. The number of benzene rings is 3. The molecule has 1 aliphatic rings. The molecule has 0 radical (unpaired) electrons. The van der Waals surface area contributed by atoms with Crippen LogP contribution in [0.4, 0.5) is 0 Å². The smallest absolute Gasteiger partial charge is 0.0699 e. The molecule has 3 aromatic carbocycles. The number of fused-ring (bicyclic) bond motifs is 1. The molecule has 1 N–H and O–H groups in total. The minimum absolute atomic E-state index is 0.374. The van der Waals surface area contributed by atoms with Crippen molar-refractivity contribution in [1.29, 1.82) is 5.41 Å². The fourth-order valence-corrected chi connectivity index (χ4v) is 4.93. The Morgan fingerprint density at radius 3 is 2.13 bits per heavy atom. The van der Waals surface area contributed by atoms with Crippen LogP contribution in [0.2, 0.25) is 0 Å². The highest BCUT2D eigenvalue weighted by atomic mass is 14.4. The second-order valence-electron chi connectivity index (χ2n) is 8.83. The summed E-state index contributed by atoms with van der Waals surface area (Å²) < 4.78 is 0. The predicted octanol–water partition coefficient (Wildman–Crippen LogP) is 7.94. The molecule has 0 saturated carbocycles. The van der Waals surface area contributed by atoms with Gasteiger partial charge in [-0.1, -0.05) is 61.0 Å². The Balaban J connectivity index is 2.04. The Kier molecular flexibility index (Phi) is 5.02. The third kappa shape index (κ3) is 2.96. The van der Waals surface area contributed by atoms with Crippen molar-refractivity contribution in [2.45, 2.75) is 48.5 Å². The number of rotatable bonds is 3. The summed E-state index contributed by atoms with van der Waals surface area (Å²) in [6.45, 7) is 15.5. The summed E-state index contributed by atoms with van der Waals surface area (Å²) >= 11 is 0. The molecule has 0 bridgehead atoms. The highest BCUT2D eigenvalue weighted by Crippen LogP contribution is 2.44. The van der Waals surface area contributed by atoms with E-state index in [2.05, 4.69) is 97.0 Å². The largest absolute Gasteiger partial charge is 0.300 e. The topological polar surface area (TPSA) is 23.9 Å². The van der Waals surface area contributed by atoms with Gasteiger partial charge in [0.2, 0.25) is 0 Å². The van der Waals surface area contributed by atoms with Crippen LogP contribution in [-0.4, -0.2) is 5.71 Å². The summed E-state index contributed by atoms with van der Waals surface area (Å²) in [7, 11) is 0. The number of nitrogens with one attached hydrogen (secondary N) is 1. The molecule has 0 spiro atoms. The van der Waals surface area contributed by atoms with E-state index in [-0.39, 0.29) is 0 Å². The third-order valence-corrected chi connectivity index (χ3v) is 7.44. The first-order valence-electron chi connectivity index (χ1n) is 10.8. The molecule has 4 rings (SSSR count). The Hall–Kier alpha value is -2.93. The second-order valence-corrected chi connectivity index (χ2v) is 8.83. The van der Waals surface area contributed by atoms with Crippen LogP contribution >= 0.6 is 0 Å². The van der Waals surface area contributed by atoms with E-state index in [1.165, 1.54) is 49.9 Å². The highest BCUT2D eigenvalue weighted by Gasteiger charge is 2.28. The molecule has 0 amide bonds. The van der Waals surface area contributed by atoms with Gasteiger partial charge in [-0.15, -0.1) is 0 Å². The summed E-state index contributed by atoms with van der Waals surface area (Å²) in [6, 6.07) is 17.2. The van der Waals surface area contributed by atoms with Crippen molar-refractivity contribution < 1.29 is 0 Å². The Morgan fingerprint density at radius 2 is 1.47 bits per heavy atom. The number of aryl methyl sites for hydroxylation is 1. The highest BCUT2D eigenvalue weighted by molar-refractivity contribution is 6.21. The Morgan fingerprint density at radius 1 is 0.767 bits per heavy atom.